The number of benzene rings is 3. The van der Waals surface area contributed by atoms with Crippen molar-refractivity contribution in [3.05, 3.63) is 101 Å². The Morgan fingerprint density at radius 3 is 2.43 bits per heavy atom. The van der Waals surface area contributed by atoms with Crippen LogP contribution in [0.2, 0.25) is 0 Å². The highest BCUT2D eigenvalue weighted by Gasteiger charge is 2.41. The molecule has 0 unspecified atom stereocenters. The summed E-state index contributed by atoms with van der Waals surface area (Å²) in [5.41, 5.74) is 5.23. The smallest absolute Gasteiger partial charge is 0.291 e. The van der Waals surface area contributed by atoms with Crippen LogP contribution in [0.5, 0.6) is 5.75 Å². The number of nitrogens with zero attached hydrogens (tertiary/aromatic N) is 7. The minimum absolute atomic E-state index is 0.0214. The number of hydrogen-bond donors (Lipinski definition) is 1. The van der Waals surface area contributed by atoms with E-state index in [1.807, 2.05) is 76.6 Å². The third kappa shape index (κ3) is 7.12. The third-order valence-corrected chi connectivity index (χ3v) is 11.9. The fraction of sp³-hybridized carbons (Fsp3) is 0.385. The Balaban J connectivity index is 1.43. The first-order chi connectivity index (χ1) is 25.2. The van der Waals surface area contributed by atoms with Crippen molar-refractivity contribution in [2.75, 3.05) is 26.0 Å². The van der Waals surface area contributed by atoms with Crippen LogP contribution in [-0.2, 0) is 27.9 Å². The largest absolute Gasteiger partial charge is 0.488 e. The molecule has 0 saturated heterocycles. The van der Waals surface area contributed by atoms with Crippen LogP contribution in [0.1, 0.15) is 78.5 Å². The lowest BCUT2D eigenvalue weighted by Gasteiger charge is -2.35. The molecule has 0 aliphatic carbocycles. The maximum Gasteiger partial charge on any atom is 0.291 e. The monoisotopic (exact) mass is 738 g/mol. The van der Waals surface area contributed by atoms with E-state index < -0.39 is 21.4 Å². The molecule has 6 rings (SSSR count). The number of amides is 2. The average molecular weight is 739 g/mol. The van der Waals surface area contributed by atoms with Gasteiger partial charge in [0.2, 0.25) is 21.8 Å². The lowest BCUT2D eigenvalue weighted by Crippen LogP contribution is -2.38. The molecule has 0 radical (unpaired) electrons. The summed E-state index contributed by atoms with van der Waals surface area (Å²) in [5, 5.41) is 11.8. The zero-order valence-electron chi connectivity index (χ0n) is 31.4. The van der Waals surface area contributed by atoms with Gasteiger partial charge >= 0.3 is 0 Å². The van der Waals surface area contributed by atoms with Crippen LogP contribution >= 0.6 is 0 Å². The number of sulfonamides is 1. The summed E-state index contributed by atoms with van der Waals surface area (Å²) in [5.74, 6) is -0.782. The second kappa shape index (κ2) is 14.7. The topological polar surface area (TPSA) is 153 Å². The Morgan fingerprint density at radius 2 is 1.75 bits per heavy atom. The minimum atomic E-state index is -3.89. The van der Waals surface area contributed by atoms with Gasteiger partial charge in [0, 0.05) is 33.1 Å². The summed E-state index contributed by atoms with van der Waals surface area (Å²) in [6.07, 6.45) is 3.15. The second-order valence-corrected chi connectivity index (χ2v) is 16.1. The highest BCUT2D eigenvalue weighted by Crippen LogP contribution is 2.45. The number of anilines is 1. The Bertz CT molecular complexity index is 2290. The molecule has 3 aromatic carbocycles. The number of ether oxygens (including phenoxy) is 1. The number of nitrogens with one attached hydrogen (secondary N) is 1. The van der Waals surface area contributed by atoms with Crippen LogP contribution in [0.4, 0.5) is 5.69 Å². The van der Waals surface area contributed by atoms with E-state index in [4.69, 9.17) is 4.74 Å². The van der Waals surface area contributed by atoms with Crippen molar-refractivity contribution >= 4 is 38.6 Å². The number of fused-ring (bicyclic) bond motifs is 2. The summed E-state index contributed by atoms with van der Waals surface area (Å²) in [6, 6.07) is 16.8. The van der Waals surface area contributed by atoms with Gasteiger partial charge in [0.25, 0.3) is 5.91 Å². The molecule has 2 aromatic heterocycles. The molecule has 2 amide bonds. The Morgan fingerprint density at radius 1 is 1.04 bits per heavy atom. The number of aryl methyl sites for hydroxylation is 3. The molecule has 13 nitrogen and oxygen atoms in total. The second-order valence-electron chi connectivity index (χ2n) is 14.2. The van der Waals surface area contributed by atoms with Gasteiger partial charge in [-0.3, -0.25) is 9.59 Å². The molecule has 53 heavy (non-hydrogen) atoms. The molecule has 3 heterocycles. The van der Waals surface area contributed by atoms with E-state index in [-0.39, 0.29) is 41.7 Å². The molecule has 0 spiro atoms. The van der Waals surface area contributed by atoms with Gasteiger partial charge in [-0.05, 0) is 73.2 Å². The van der Waals surface area contributed by atoms with E-state index in [2.05, 4.69) is 25.6 Å². The molecular formula is C39H46N8O5S. The van der Waals surface area contributed by atoms with E-state index in [1.165, 1.54) is 21.6 Å². The molecule has 1 aliphatic rings. The van der Waals surface area contributed by atoms with Crippen LogP contribution in [0, 0.1) is 19.3 Å². The number of carbonyl (C=O) groups excluding carboxylic acids is 2. The molecule has 5 aromatic rings. The van der Waals surface area contributed by atoms with Gasteiger partial charge in [0.05, 0.1) is 35.6 Å². The van der Waals surface area contributed by atoms with Crippen LogP contribution in [0.15, 0.2) is 71.9 Å². The normalized spacial score (nSPS) is 16.3. The van der Waals surface area contributed by atoms with E-state index in [0.717, 1.165) is 38.9 Å². The predicted molar refractivity (Wildman–Crippen MR) is 202 cm³/mol. The lowest BCUT2D eigenvalue weighted by molar-refractivity contribution is -0.124. The van der Waals surface area contributed by atoms with Gasteiger partial charge in [-0.25, -0.2) is 23.1 Å². The fourth-order valence-corrected chi connectivity index (χ4v) is 8.45. The Kier molecular flexibility index (Phi) is 10.4. The minimum Gasteiger partial charge on any atom is -0.488 e. The Labute approximate surface area is 310 Å². The van der Waals surface area contributed by atoms with E-state index in [9.17, 15) is 18.0 Å². The summed E-state index contributed by atoms with van der Waals surface area (Å²) in [6.45, 7) is 12.7. The predicted octanol–water partition coefficient (Wildman–Crippen LogP) is 5.72. The summed E-state index contributed by atoms with van der Waals surface area (Å²) in [7, 11) is -0.661. The van der Waals surface area contributed by atoms with E-state index in [1.54, 1.807) is 38.4 Å². The molecule has 2 atom stereocenters. The van der Waals surface area contributed by atoms with Crippen molar-refractivity contribution in [2.45, 2.75) is 78.0 Å². The molecule has 278 valence electrons. The van der Waals surface area contributed by atoms with E-state index in [0.29, 0.717) is 24.4 Å². The zero-order valence-corrected chi connectivity index (χ0v) is 32.2. The highest BCUT2D eigenvalue weighted by molar-refractivity contribution is 7.89. The average Bonchev–Trinajstić information content (AvgIpc) is 3.53. The first-order valence-corrected chi connectivity index (χ1v) is 19.1. The van der Waals surface area contributed by atoms with Crippen LogP contribution in [0.3, 0.4) is 0 Å². The number of carbonyl (C=O) groups is 2. The first-order valence-electron chi connectivity index (χ1n) is 17.7. The van der Waals surface area contributed by atoms with Crippen LogP contribution < -0.4 is 10.1 Å². The van der Waals surface area contributed by atoms with Crippen molar-refractivity contribution in [1.82, 2.24) is 34.2 Å². The van der Waals surface area contributed by atoms with Gasteiger partial charge in [-0.1, -0.05) is 62.4 Å². The number of rotatable bonds is 10. The van der Waals surface area contributed by atoms with Gasteiger partial charge < -0.3 is 15.0 Å². The third-order valence-electron chi connectivity index (χ3n) is 10.1. The standard InChI is InChI=1S/C39H46N8O5S/c1-9-29-23-46(53(50,51)33-14-12-11-13-32(33)52-29)22-27-19-26(16-15-24(27)3)34(30-17-18-31-35(25(30)4)43-44-47(31)10-2)39(5,6)38(49)42-28-20-40-36(41-21-28)37(48)45(7)8/h11-21,29,34H,9-10,22-23H2,1-8H3,(H,42,49)/t29-,34+/m1/s1. The fourth-order valence-electron chi connectivity index (χ4n) is 6.88. The summed E-state index contributed by atoms with van der Waals surface area (Å²) >= 11 is 0. The SMILES string of the molecule is CC[C@@H]1CN(Cc2cc([C@@H](c3ccc4c(nnn4CC)c3C)C(C)(C)C(=O)Nc3cnc(C(=O)N(C)C)nc3)ccc2C)S(=O)(=O)c2ccccc2O1. The van der Waals surface area contributed by atoms with Crippen molar-refractivity contribution in [3.8, 4) is 5.75 Å². The van der Waals surface area contributed by atoms with Crippen molar-refractivity contribution in [2.24, 2.45) is 5.41 Å². The maximum atomic E-state index is 14.4. The van der Waals surface area contributed by atoms with Gasteiger partial charge in [0.15, 0.2) is 0 Å². The molecule has 0 bridgehead atoms. The number of hydrogen-bond acceptors (Lipinski definition) is 9. The zero-order chi connectivity index (χ0) is 38.2. The van der Waals surface area contributed by atoms with Gasteiger partial charge in [-0.2, -0.15) is 4.31 Å². The highest BCUT2D eigenvalue weighted by atomic mass is 32.2. The van der Waals surface area contributed by atoms with Gasteiger partial charge in [0.1, 0.15) is 22.3 Å². The van der Waals surface area contributed by atoms with Crippen molar-refractivity contribution < 1.29 is 22.7 Å². The number of aromatic nitrogens is 5. The molecule has 1 aliphatic heterocycles. The molecular weight excluding hydrogens is 693 g/mol. The lowest BCUT2D eigenvalue weighted by atomic mass is 9.69. The molecule has 14 heteroatoms. The van der Waals surface area contributed by atoms with Crippen LogP contribution in [-0.4, -0.2) is 81.1 Å². The maximum absolute atomic E-state index is 14.4. The summed E-state index contributed by atoms with van der Waals surface area (Å²) < 4.78 is 37.7. The Hall–Kier alpha value is -5.21. The first kappa shape index (κ1) is 37.5. The molecule has 0 fully saturated rings. The van der Waals surface area contributed by atoms with Crippen molar-refractivity contribution in [3.63, 3.8) is 0 Å². The number of para-hydroxylation sites is 1. The molecule has 0 saturated carbocycles. The quantitative estimate of drug-likeness (QED) is 0.190. The van der Waals surface area contributed by atoms with Gasteiger partial charge in [-0.15, -0.1) is 5.10 Å². The van der Waals surface area contributed by atoms with Crippen molar-refractivity contribution in [1.29, 1.82) is 0 Å². The summed E-state index contributed by atoms with van der Waals surface area (Å²) in [4.78, 5) is 36.6. The molecule has 1 N–H and O–H groups in total. The van der Waals surface area contributed by atoms with Crippen LogP contribution in [0.25, 0.3) is 11.0 Å². The van der Waals surface area contributed by atoms with E-state index >= 15 is 0 Å².